The predicted octanol–water partition coefficient (Wildman–Crippen LogP) is 2.82. The highest BCUT2D eigenvalue weighted by molar-refractivity contribution is 5.78. The number of fused-ring (bicyclic) bond motifs is 1. The van der Waals surface area contributed by atoms with E-state index in [1.165, 1.54) is 12.0 Å². The Morgan fingerprint density at radius 2 is 2.23 bits per heavy atom. The van der Waals surface area contributed by atoms with Crippen LogP contribution in [0, 0.1) is 6.92 Å². The van der Waals surface area contributed by atoms with E-state index in [1.807, 2.05) is 13.0 Å². The molecule has 0 radical (unpaired) electrons. The summed E-state index contributed by atoms with van der Waals surface area (Å²) in [6.45, 7) is 4.22. The van der Waals surface area contributed by atoms with Gasteiger partial charge in [-0.2, -0.15) is 0 Å². The van der Waals surface area contributed by atoms with Gasteiger partial charge in [0, 0.05) is 11.9 Å². The van der Waals surface area contributed by atoms with Gasteiger partial charge >= 0.3 is 0 Å². The molecule has 2 aromatic rings. The summed E-state index contributed by atoms with van der Waals surface area (Å²) in [4.78, 5) is 7.76. The third-order valence-electron chi connectivity index (χ3n) is 2.26. The lowest BCUT2D eigenvalue weighted by Crippen LogP contribution is -1.85. The van der Waals surface area contributed by atoms with Crippen molar-refractivity contribution in [2.45, 2.75) is 26.7 Å². The van der Waals surface area contributed by atoms with Crippen molar-refractivity contribution in [3.63, 3.8) is 0 Å². The Morgan fingerprint density at radius 1 is 1.38 bits per heavy atom. The minimum atomic E-state index is 1.09. The molecule has 0 amide bonds. The second-order valence-electron chi connectivity index (χ2n) is 3.41. The summed E-state index contributed by atoms with van der Waals surface area (Å²) < 4.78 is 0. The number of hydrogen-bond acceptors (Lipinski definition) is 1. The van der Waals surface area contributed by atoms with E-state index >= 15 is 0 Å². The smallest absolute Gasteiger partial charge is 0.0913 e. The van der Waals surface area contributed by atoms with Crippen molar-refractivity contribution in [1.82, 2.24) is 9.97 Å². The average molecular weight is 174 g/mol. The zero-order valence-electron chi connectivity index (χ0n) is 8.09. The van der Waals surface area contributed by atoms with E-state index < -0.39 is 0 Å². The summed E-state index contributed by atoms with van der Waals surface area (Å²) in [5, 5.41) is 0. The fourth-order valence-corrected chi connectivity index (χ4v) is 1.61. The van der Waals surface area contributed by atoms with Crippen molar-refractivity contribution in [2.75, 3.05) is 0 Å². The third-order valence-corrected chi connectivity index (χ3v) is 2.26. The van der Waals surface area contributed by atoms with Gasteiger partial charge in [0.15, 0.2) is 0 Å². The molecule has 0 saturated carbocycles. The van der Waals surface area contributed by atoms with E-state index in [1.54, 1.807) is 0 Å². The van der Waals surface area contributed by atoms with Gasteiger partial charge in [-0.1, -0.05) is 13.3 Å². The number of aryl methyl sites for hydroxylation is 2. The van der Waals surface area contributed by atoms with Gasteiger partial charge in [0.25, 0.3) is 0 Å². The van der Waals surface area contributed by atoms with Crippen molar-refractivity contribution >= 4 is 11.0 Å². The molecule has 2 heterocycles. The summed E-state index contributed by atoms with van der Waals surface area (Å²) in [5.41, 5.74) is 4.71. The highest BCUT2D eigenvalue weighted by atomic mass is 14.8. The van der Waals surface area contributed by atoms with Crippen LogP contribution in [0.2, 0.25) is 0 Å². The number of pyridine rings is 1. The molecule has 0 spiro atoms. The van der Waals surface area contributed by atoms with Gasteiger partial charge in [-0.15, -0.1) is 0 Å². The van der Waals surface area contributed by atoms with Gasteiger partial charge < -0.3 is 4.98 Å². The number of aromatic nitrogens is 2. The summed E-state index contributed by atoms with van der Waals surface area (Å²) in [6.07, 6.45) is 4.35. The Balaban J connectivity index is 2.58. The molecule has 2 nitrogen and oxygen atoms in total. The molecule has 1 N–H and O–H groups in total. The van der Waals surface area contributed by atoms with Crippen LogP contribution in [0.3, 0.4) is 0 Å². The van der Waals surface area contributed by atoms with E-state index in [4.69, 9.17) is 0 Å². The van der Waals surface area contributed by atoms with Crippen molar-refractivity contribution < 1.29 is 0 Å². The molecule has 2 aromatic heterocycles. The molecular formula is C11H14N2. The molecule has 0 bridgehead atoms. The van der Waals surface area contributed by atoms with Gasteiger partial charge in [0.05, 0.1) is 11.0 Å². The first-order valence-corrected chi connectivity index (χ1v) is 4.75. The van der Waals surface area contributed by atoms with Crippen LogP contribution in [0.4, 0.5) is 0 Å². The average Bonchev–Trinajstić information content (AvgIpc) is 2.49. The van der Waals surface area contributed by atoms with Crippen LogP contribution < -0.4 is 0 Å². The molecule has 0 saturated heterocycles. The van der Waals surface area contributed by atoms with Gasteiger partial charge in [-0.3, -0.25) is 4.98 Å². The quantitative estimate of drug-likeness (QED) is 0.745. The fraction of sp³-hybridized carbons (Fsp3) is 0.364. The van der Waals surface area contributed by atoms with Crippen LogP contribution in [0.25, 0.3) is 11.0 Å². The second-order valence-corrected chi connectivity index (χ2v) is 3.41. The second kappa shape index (κ2) is 3.21. The van der Waals surface area contributed by atoms with Crippen molar-refractivity contribution in [1.29, 1.82) is 0 Å². The summed E-state index contributed by atoms with van der Waals surface area (Å²) >= 11 is 0. The van der Waals surface area contributed by atoms with E-state index in [2.05, 4.69) is 29.2 Å². The molecule has 0 aromatic carbocycles. The van der Waals surface area contributed by atoms with Crippen LogP contribution in [0.1, 0.15) is 24.6 Å². The van der Waals surface area contributed by atoms with Crippen LogP contribution >= 0.6 is 0 Å². The number of nitrogens with one attached hydrogen (secondary N) is 1. The van der Waals surface area contributed by atoms with E-state index in [0.717, 1.165) is 23.1 Å². The molecule has 0 aliphatic carbocycles. The van der Waals surface area contributed by atoms with Crippen LogP contribution in [-0.4, -0.2) is 9.97 Å². The topological polar surface area (TPSA) is 28.7 Å². The maximum absolute atomic E-state index is 4.52. The highest BCUT2D eigenvalue weighted by Gasteiger charge is 2.03. The SMILES string of the molecule is CCCc1c[nH]c2ccc(C)nc12. The van der Waals surface area contributed by atoms with Crippen LogP contribution in [-0.2, 0) is 6.42 Å². The molecule has 0 unspecified atom stereocenters. The van der Waals surface area contributed by atoms with E-state index in [-0.39, 0.29) is 0 Å². The molecule has 2 heteroatoms. The Labute approximate surface area is 78.0 Å². The first kappa shape index (κ1) is 8.30. The normalized spacial score (nSPS) is 10.9. The molecule has 0 atom stereocenters. The molecule has 0 aliphatic heterocycles. The number of hydrogen-bond donors (Lipinski definition) is 1. The lowest BCUT2D eigenvalue weighted by Gasteiger charge is -1.96. The lowest BCUT2D eigenvalue weighted by molar-refractivity contribution is 0.925. The minimum absolute atomic E-state index is 1.09. The Bertz CT molecular complexity index is 415. The van der Waals surface area contributed by atoms with Gasteiger partial charge in [0.2, 0.25) is 0 Å². The Kier molecular flexibility index (Phi) is 2.05. The number of aromatic amines is 1. The minimum Gasteiger partial charge on any atom is -0.360 e. The van der Waals surface area contributed by atoms with Crippen molar-refractivity contribution in [2.24, 2.45) is 0 Å². The molecule has 13 heavy (non-hydrogen) atoms. The molecular weight excluding hydrogens is 160 g/mol. The third kappa shape index (κ3) is 1.44. The lowest BCUT2D eigenvalue weighted by atomic mass is 10.1. The van der Waals surface area contributed by atoms with Crippen molar-refractivity contribution in [3.8, 4) is 0 Å². The summed E-state index contributed by atoms with van der Waals surface area (Å²) in [5.74, 6) is 0. The standard InChI is InChI=1S/C11H14N2/c1-3-4-9-7-12-10-6-5-8(2)13-11(9)10/h5-7,12H,3-4H2,1-2H3. The highest BCUT2D eigenvalue weighted by Crippen LogP contribution is 2.17. The van der Waals surface area contributed by atoms with Crippen LogP contribution in [0.5, 0.6) is 0 Å². The van der Waals surface area contributed by atoms with Gasteiger partial charge in [-0.25, -0.2) is 0 Å². The largest absolute Gasteiger partial charge is 0.360 e. The van der Waals surface area contributed by atoms with Gasteiger partial charge in [0.1, 0.15) is 0 Å². The van der Waals surface area contributed by atoms with Crippen molar-refractivity contribution in [3.05, 3.63) is 29.6 Å². The maximum atomic E-state index is 4.52. The first-order valence-electron chi connectivity index (χ1n) is 4.75. The zero-order chi connectivity index (χ0) is 9.26. The van der Waals surface area contributed by atoms with E-state index in [0.29, 0.717) is 0 Å². The number of H-pyrrole nitrogens is 1. The Morgan fingerprint density at radius 3 is 3.00 bits per heavy atom. The molecule has 68 valence electrons. The monoisotopic (exact) mass is 174 g/mol. The van der Waals surface area contributed by atoms with Crippen LogP contribution in [0.15, 0.2) is 18.3 Å². The fourth-order valence-electron chi connectivity index (χ4n) is 1.61. The molecule has 0 aliphatic rings. The zero-order valence-corrected chi connectivity index (χ0v) is 8.09. The Hall–Kier alpha value is -1.31. The molecule has 2 rings (SSSR count). The summed E-state index contributed by atoms with van der Waals surface area (Å²) in [6, 6.07) is 4.13. The number of nitrogens with zero attached hydrogens (tertiary/aromatic N) is 1. The predicted molar refractivity (Wildman–Crippen MR) is 54.8 cm³/mol. The molecule has 0 fully saturated rings. The number of rotatable bonds is 2. The van der Waals surface area contributed by atoms with Gasteiger partial charge in [-0.05, 0) is 31.0 Å². The maximum Gasteiger partial charge on any atom is 0.0913 e. The van der Waals surface area contributed by atoms with E-state index in [9.17, 15) is 0 Å². The summed E-state index contributed by atoms with van der Waals surface area (Å²) in [7, 11) is 0. The first-order chi connectivity index (χ1) is 6.31.